The number of carbonyl (C=O) groups is 1. The molecule has 6 nitrogen and oxygen atoms in total. The second kappa shape index (κ2) is 5.45. The van der Waals surface area contributed by atoms with Gasteiger partial charge in [0.15, 0.2) is 0 Å². The summed E-state index contributed by atoms with van der Waals surface area (Å²) in [4.78, 5) is 15.2. The number of hydrogen-bond donors (Lipinski definition) is 2. The van der Waals surface area contributed by atoms with Gasteiger partial charge in [-0.3, -0.25) is 9.78 Å². The average molecular weight is 269 g/mol. The zero-order chi connectivity index (χ0) is 13.0. The molecule has 0 aromatic carbocycles. The van der Waals surface area contributed by atoms with Gasteiger partial charge in [0.05, 0.1) is 0 Å². The van der Waals surface area contributed by atoms with Crippen LogP contribution in [0, 0.1) is 5.92 Å². The minimum atomic E-state index is -3.53. The molecule has 0 aliphatic heterocycles. The molecule has 1 aliphatic carbocycles. The van der Waals surface area contributed by atoms with E-state index < -0.39 is 10.0 Å². The van der Waals surface area contributed by atoms with Crippen molar-refractivity contribution in [1.29, 1.82) is 0 Å². The lowest BCUT2D eigenvalue weighted by Gasteiger charge is -2.07. The van der Waals surface area contributed by atoms with Crippen molar-refractivity contribution in [3.05, 3.63) is 24.5 Å². The van der Waals surface area contributed by atoms with E-state index in [-0.39, 0.29) is 23.3 Å². The highest BCUT2D eigenvalue weighted by Gasteiger charge is 2.29. The van der Waals surface area contributed by atoms with Crippen LogP contribution in [-0.4, -0.2) is 32.4 Å². The fraction of sp³-hybridized carbons (Fsp3) is 0.455. The molecule has 0 unspecified atom stereocenters. The first-order valence-corrected chi connectivity index (χ1v) is 7.25. The fourth-order valence-electron chi connectivity index (χ4n) is 1.45. The van der Waals surface area contributed by atoms with Crippen molar-refractivity contribution in [1.82, 2.24) is 15.0 Å². The van der Waals surface area contributed by atoms with Crippen molar-refractivity contribution in [3.8, 4) is 0 Å². The Bertz CT molecular complexity index is 512. The van der Waals surface area contributed by atoms with Crippen molar-refractivity contribution in [3.63, 3.8) is 0 Å². The number of aromatic nitrogens is 1. The van der Waals surface area contributed by atoms with Crippen LogP contribution in [0.2, 0.25) is 0 Å². The highest BCUT2D eigenvalue weighted by atomic mass is 32.2. The number of rotatable bonds is 6. The van der Waals surface area contributed by atoms with Crippen LogP contribution in [-0.2, 0) is 14.8 Å². The molecule has 1 heterocycles. The summed E-state index contributed by atoms with van der Waals surface area (Å²) in [6.45, 7) is 0.477. The van der Waals surface area contributed by atoms with Gasteiger partial charge in [0, 0.05) is 31.4 Å². The van der Waals surface area contributed by atoms with E-state index in [1.807, 2.05) is 0 Å². The van der Waals surface area contributed by atoms with Crippen molar-refractivity contribution >= 4 is 15.9 Å². The molecule has 18 heavy (non-hydrogen) atoms. The highest BCUT2D eigenvalue weighted by molar-refractivity contribution is 7.89. The van der Waals surface area contributed by atoms with Gasteiger partial charge in [-0.05, 0) is 25.0 Å². The van der Waals surface area contributed by atoms with E-state index in [0.717, 1.165) is 12.8 Å². The minimum absolute atomic E-state index is 0.00979. The molecule has 2 N–H and O–H groups in total. The maximum absolute atomic E-state index is 11.8. The van der Waals surface area contributed by atoms with Crippen LogP contribution in [0.3, 0.4) is 0 Å². The number of hydrogen-bond acceptors (Lipinski definition) is 4. The minimum Gasteiger partial charge on any atom is -0.355 e. The standard InChI is InChI=1S/C11H15N3O3S/c15-11(9-3-4-9)13-6-7-14-18(16,17)10-2-1-5-12-8-10/h1-2,5,8-9,14H,3-4,6-7H2,(H,13,15). The summed E-state index contributed by atoms with van der Waals surface area (Å²) in [5.41, 5.74) is 0. The second-order valence-corrected chi connectivity index (χ2v) is 5.92. The third-order valence-electron chi connectivity index (χ3n) is 2.61. The maximum atomic E-state index is 11.8. The topological polar surface area (TPSA) is 88.2 Å². The quantitative estimate of drug-likeness (QED) is 0.705. The summed E-state index contributed by atoms with van der Waals surface area (Å²) in [7, 11) is -3.53. The first-order valence-electron chi connectivity index (χ1n) is 5.77. The number of nitrogens with zero attached hydrogens (tertiary/aromatic N) is 1. The molecule has 1 aliphatic rings. The molecule has 0 spiro atoms. The third-order valence-corrected chi connectivity index (χ3v) is 4.06. The Morgan fingerprint density at radius 2 is 2.17 bits per heavy atom. The largest absolute Gasteiger partial charge is 0.355 e. The van der Waals surface area contributed by atoms with Gasteiger partial charge in [-0.1, -0.05) is 0 Å². The summed E-state index contributed by atoms with van der Waals surface area (Å²) in [5.74, 6) is 0.149. The van der Waals surface area contributed by atoms with E-state index in [1.165, 1.54) is 18.5 Å². The maximum Gasteiger partial charge on any atom is 0.242 e. The molecule has 0 saturated heterocycles. The van der Waals surface area contributed by atoms with Crippen LogP contribution >= 0.6 is 0 Å². The van der Waals surface area contributed by atoms with Crippen molar-refractivity contribution in [2.75, 3.05) is 13.1 Å². The van der Waals surface area contributed by atoms with Crippen LogP contribution in [0.15, 0.2) is 29.4 Å². The van der Waals surface area contributed by atoms with E-state index in [0.29, 0.717) is 6.54 Å². The Labute approximate surface area is 106 Å². The zero-order valence-corrected chi connectivity index (χ0v) is 10.6. The lowest BCUT2D eigenvalue weighted by molar-refractivity contribution is -0.122. The van der Waals surface area contributed by atoms with Crippen molar-refractivity contribution < 1.29 is 13.2 Å². The van der Waals surface area contributed by atoms with Gasteiger partial charge in [0.2, 0.25) is 15.9 Å². The zero-order valence-electron chi connectivity index (χ0n) is 9.80. The van der Waals surface area contributed by atoms with E-state index in [4.69, 9.17) is 0 Å². The lowest BCUT2D eigenvalue weighted by atomic mass is 10.4. The summed E-state index contributed by atoms with van der Waals surface area (Å²) in [6, 6.07) is 3.03. The van der Waals surface area contributed by atoms with E-state index in [1.54, 1.807) is 6.07 Å². The molecular weight excluding hydrogens is 254 g/mol. The van der Waals surface area contributed by atoms with Gasteiger partial charge in [0.25, 0.3) is 0 Å². The van der Waals surface area contributed by atoms with Gasteiger partial charge in [-0.2, -0.15) is 0 Å². The van der Waals surface area contributed by atoms with Gasteiger partial charge in [-0.15, -0.1) is 0 Å². The predicted molar refractivity (Wildman–Crippen MR) is 65.2 cm³/mol. The smallest absolute Gasteiger partial charge is 0.242 e. The van der Waals surface area contributed by atoms with Crippen LogP contribution in [0.5, 0.6) is 0 Å². The van der Waals surface area contributed by atoms with Crippen molar-refractivity contribution in [2.24, 2.45) is 5.92 Å². The van der Waals surface area contributed by atoms with Crippen molar-refractivity contribution in [2.45, 2.75) is 17.7 Å². The Morgan fingerprint density at radius 1 is 1.39 bits per heavy atom. The summed E-state index contributed by atoms with van der Waals surface area (Å²) < 4.78 is 25.9. The van der Waals surface area contributed by atoms with Gasteiger partial charge >= 0.3 is 0 Å². The molecule has 0 bridgehead atoms. The van der Waals surface area contributed by atoms with E-state index in [2.05, 4.69) is 15.0 Å². The van der Waals surface area contributed by atoms with E-state index in [9.17, 15) is 13.2 Å². The highest BCUT2D eigenvalue weighted by Crippen LogP contribution is 2.28. The second-order valence-electron chi connectivity index (χ2n) is 4.15. The number of amides is 1. The Hall–Kier alpha value is -1.47. The third kappa shape index (κ3) is 3.51. The Morgan fingerprint density at radius 3 is 2.78 bits per heavy atom. The molecule has 0 radical (unpaired) electrons. The number of nitrogens with one attached hydrogen (secondary N) is 2. The first kappa shape index (κ1) is 13.0. The summed E-state index contributed by atoms with van der Waals surface area (Å²) in [5, 5.41) is 2.69. The van der Waals surface area contributed by atoms with Gasteiger partial charge < -0.3 is 5.32 Å². The number of sulfonamides is 1. The molecule has 1 amide bonds. The van der Waals surface area contributed by atoms with Gasteiger partial charge in [-0.25, -0.2) is 13.1 Å². The van der Waals surface area contributed by atoms with E-state index >= 15 is 0 Å². The SMILES string of the molecule is O=C(NCCNS(=O)(=O)c1cccnc1)C1CC1. The summed E-state index contributed by atoms with van der Waals surface area (Å²) >= 11 is 0. The predicted octanol–water partition coefficient (Wildman–Crippen LogP) is -0.114. The lowest BCUT2D eigenvalue weighted by Crippen LogP contribution is -2.35. The Kier molecular flexibility index (Phi) is 3.93. The van der Waals surface area contributed by atoms with Crippen LogP contribution < -0.4 is 10.0 Å². The molecule has 0 atom stereocenters. The fourth-order valence-corrected chi connectivity index (χ4v) is 2.45. The monoisotopic (exact) mass is 269 g/mol. The van der Waals surface area contributed by atoms with Crippen LogP contribution in [0.25, 0.3) is 0 Å². The molecule has 1 saturated carbocycles. The molecule has 1 fully saturated rings. The number of carbonyl (C=O) groups excluding carboxylic acids is 1. The molecule has 7 heteroatoms. The Balaban J connectivity index is 1.77. The normalized spacial score (nSPS) is 15.3. The molecule has 98 valence electrons. The summed E-state index contributed by atoms with van der Waals surface area (Å²) in [6.07, 6.45) is 4.67. The first-order chi connectivity index (χ1) is 8.59. The molecule has 1 aromatic heterocycles. The average Bonchev–Trinajstić information content (AvgIpc) is 3.20. The molecular formula is C11H15N3O3S. The number of pyridine rings is 1. The molecule has 2 rings (SSSR count). The van der Waals surface area contributed by atoms with Crippen LogP contribution in [0.1, 0.15) is 12.8 Å². The van der Waals surface area contributed by atoms with Gasteiger partial charge in [0.1, 0.15) is 4.90 Å². The van der Waals surface area contributed by atoms with Crippen LogP contribution in [0.4, 0.5) is 0 Å². The molecule has 1 aromatic rings.